The maximum atomic E-state index is 13.6. The number of fused-ring (bicyclic) bond motifs is 1. The topological polar surface area (TPSA) is 109 Å². The number of nitrogen functional groups attached to an aromatic ring is 1. The highest BCUT2D eigenvalue weighted by Gasteiger charge is 2.20. The summed E-state index contributed by atoms with van der Waals surface area (Å²) >= 11 is 5.81. The number of pyridine rings is 2. The first kappa shape index (κ1) is 14.5. The first-order chi connectivity index (χ1) is 11.6. The van der Waals surface area contributed by atoms with E-state index in [4.69, 9.17) is 17.3 Å². The Morgan fingerprint density at radius 2 is 2.08 bits per heavy atom. The van der Waals surface area contributed by atoms with Gasteiger partial charge in [0.05, 0.1) is 18.3 Å². The van der Waals surface area contributed by atoms with Crippen molar-refractivity contribution in [3.8, 4) is 11.5 Å². The summed E-state index contributed by atoms with van der Waals surface area (Å²) in [7, 11) is 0. The highest BCUT2D eigenvalue weighted by molar-refractivity contribution is 6.29. The molecule has 10 heteroatoms. The van der Waals surface area contributed by atoms with Crippen LogP contribution in [0.1, 0.15) is 5.56 Å². The van der Waals surface area contributed by atoms with Crippen LogP contribution in [0.5, 0.6) is 0 Å². The van der Waals surface area contributed by atoms with Crippen LogP contribution in [0.15, 0.2) is 35.2 Å². The van der Waals surface area contributed by atoms with Crippen molar-refractivity contribution in [2.75, 3.05) is 5.73 Å². The van der Waals surface area contributed by atoms with E-state index < -0.39 is 5.82 Å². The van der Waals surface area contributed by atoms with Gasteiger partial charge >= 0.3 is 0 Å². The highest BCUT2D eigenvalue weighted by Crippen LogP contribution is 2.27. The summed E-state index contributed by atoms with van der Waals surface area (Å²) in [5.74, 6) is -0.0197. The fourth-order valence-electron chi connectivity index (χ4n) is 2.35. The van der Waals surface area contributed by atoms with Crippen LogP contribution in [0.25, 0.3) is 22.7 Å². The largest absolute Gasteiger partial charge is 0.379 e. The van der Waals surface area contributed by atoms with Gasteiger partial charge in [-0.25, -0.2) is 24.0 Å². The smallest absolute Gasteiger partial charge is 0.199 e. The van der Waals surface area contributed by atoms with E-state index >= 15 is 0 Å². The predicted octanol–water partition coefficient (Wildman–Crippen LogP) is 2.30. The molecule has 0 aliphatic carbocycles. The summed E-state index contributed by atoms with van der Waals surface area (Å²) < 4.78 is 20.0. The molecule has 0 aromatic carbocycles. The third-order valence-electron chi connectivity index (χ3n) is 3.43. The molecule has 0 saturated carbocycles. The normalized spacial score (nSPS) is 11.2. The molecule has 0 aliphatic heterocycles. The van der Waals surface area contributed by atoms with Crippen LogP contribution in [0, 0.1) is 5.82 Å². The van der Waals surface area contributed by atoms with Crippen LogP contribution >= 0.6 is 11.6 Å². The van der Waals surface area contributed by atoms with Crippen molar-refractivity contribution in [1.29, 1.82) is 0 Å². The number of nitrogens with zero attached hydrogens (tertiary/aromatic N) is 6. The fourth-order valence-corrected chi connectivity index (χ4v) is 2.47. The van der Waals surface area contributed by atoms with Crippen LogP contribution < -0.4 is 5.73 Å². The molecule has 8 nitrogen and oxygen atoms in total. The second-order valence-corrected chi connectivity index (χ2v) is 5.39. The molecule has 4 aromatic heterocycles. The van der Waals surface area contributed by atoms with Crippen molar-refractivity contribution < 1.29 is 9.02 Å². The second-order valence-electron chi connectivity index (χ2n) is 5.01. The molecule has 0 amide bonds. The van der Waals surface area contributed by atoms with Crippen molar-refractivity contribution in [2.24, 2.45) is 0 Å². The lowest BCUT2D eigenvalue weighted by Gasteiger charge is -2.07. The molecule has 0 fully saturated rings. The SMILES string of the molecule is Nc1nonc1-c1nc2ncc(F)cc2n1Cc1ccc(Cl)nc1. The Kier molecular flexibility index (Phi) is 3.35. The standard InChI is InChI=1S/C14H9ClFN7O/c15-10-2-1-7(4-18-10)6-23-9-3-8(16)5-19-13(9)20-14(23)11-12(17)22-24-21-11/h1-5H,6H2,(H2,17,22). The Hall–Kier alpha value is -3.07. The second kappa shape index (κ2) is 5.53. The van der Waals surface area contributed by atoms with Crippen LogP contribution in [-0.4, -0.2) is 29.8 Å². The first-order valence-corrected chi connectivity index (χ1v) is 7.20. The minimum atomic E-state index is -0.476. The Morgan fingerprint density at radius 1 is 1.21 bits per heavy atom. The zero-order valence-corrected chi connectivity index (χ0v) is 12.8. The minimum Gasteiger partial charge on any atom is -0.379 e. The van der Waals surface area contributed by atoms with Gasteiger partial charge in [-0.1, -0.05) is 17.7 Å². The van der Waals surface area contributed by atoms with Gasteiger partial charge in [0.1, 0.15) is 11.0 Å². The summed E-state index contributed by atoms with van der Waals surface area (Å²) in [5, 5.41) is 7.70. The quantitative estimate of drug-likeness (QED) is 0.567. The van der Waals surface area contributed by atoms with Crippen molar-refractivity contribution >= 4 is 28.6 Å². The lowest BCUT2D eigenvalue weighted by molar-refractivity contribution is 0.310. The van der Waals surface area contributed by atoms with Gasteiger partial charge in [-0.05, 0) is 21.9 Å². The van der Waals surface area contributed by atoms with E-state index in [0.29, 0.717) is 28.7 Å². The Labute approximate surface area is 139 Å². The average Bonchev–Trinajstić information content (AvgIpc) is 3.13. The fraction of sp³-hybridized carbons (Fsp3) is 0.0714. The van der Waals surface area contributed by atoms with E-state index in [-0.39, 0.29) is 11.5 Å². The number of imidazole rings is 1. The van der Waals surface area contributed by atoms with Gasteiger partial charge in [-0.15, -0.1) is 0 Å². The lowest BCUT2D eigenvalue weighted by atomic mass is 10.2. The molecule has 0 spiro atoms. The molecule has 0 bridgehead atoms. The minimum absolute atomic E-state index is 0.0845. The van der Waals surface area contributed by atoms with Crippen LogP contribution in [-0.2, 0) is 6.54 Å². The van der Waals surface area contributed by atoms with Crippen molar-refractivity contribution in [2.45, 2.75) is 6.54 Å². The molecule has 0 saturated heterocycles. The molecule has 0 radical (unpaired) electrons. The summed E-state index contributed by atoms with van der Waals surface area (Å²) in [4.78, 5) is 12.4. The van der Waals surface area contributed by atoms with Gasteiger partial charge in [0.15, 0.2) is 23.0 Å². The summed E-state index contributed by atoms with van der Waals surface area (Å²) in [6.45, 7) is 0.341. The average molecular weight is 346 g/mol. The number of rotatable bonds is 3. The van der Waals surface area contributed by atoms with Crippen molar-refractivity contribution in [3.63, 3.8) is 0 Å². The monoisotopic (exact) mass is 345 g/mol. The Bertz CT molecular complexity index is 1030. The van der Waals surface area contributed by atoms with Crippen molar-refractivity contribution in [1.82, 2.24) is 29.8 Å². The molecule has 4 rings (SSSR count). The van der Waals surface area contributed by atoms with E-state index in [2.05, 4.69) is 29.9 Å². The third-order valence-corrected chi connectivity index (χ3v) is 3.65. The molecular formula is C14H9ClFN7O. The van der Waals surface area contributed by atoms with E-state index in [9.17, 15) is 4.39 Å². The summed E-state index contributed by atoms with van der Waals surface area (Å²) in [6, 6.07) is 4.81. The summed E-state index contributed by atoms with van der Waals surface area (Å²) in [6.07, 6.45) is 2.72. The number of anilines is 1. The van der Waals surface area contributed by atoms with Crippen LogP contribution in [0.4, 0.5) is 10.2 Å². The third kappa shape index (κ3) is 2.44. The van der Waals surface area contributed by atoms with E-state index in [0.717, 1.165) is 11.8 Å². The van der Waals surface area contributed by atoms with E-state index in [1.165, 1.54) is 6.07 Å². The Morgan fingerprint density at radius 3 is 2.79 bits per heavy atom. The van der Waals surface area contributed by atoms with E-state index in [1.54, 1.807) is 16.8 Å². The van der Waals surface area contributed by atoms with Gasteiger partial charge in [-0.3, -0.25) is 0 Å². The summed E-state index contributed by atoms with van der Waals surface area (Å²) in [5.41, 5.74) is 7.70. The first-order valence-electron chi connectivity index (χ1n) is 6.82. The number of nitrogens with two attached hydrogens (primary N) is 1. The van der Waals surface area contributed by atoms with Gasteiger partial charge in [0.25, 0.3) is 0 Å². The number of hydrogen-bond donors (Lipinski definition) is 1. The number of aromatic nitrogens is 6. The van der Waals surface area contributed by atoms with Gasteiger partial charge < -0.3 is 10.3 Å². The molecular weight excluding hydrogens is 337 g/mol. The predicted molar refractivity (Wildman–Crippen MR) is 83.5 cm³/mol. The molecule has 4 heterocycles. The molecule has 0 atom stereocenters. The molecule has 0 aliphatic rings. The van der Waals surface area contributed by atoms with Crippen molar-refractivity contribution in [3.05, 3.63) is 47.1 Å². The number of halogens is 2. The van der Waals surface area contributed by atoms with Gasteiger partial charge in [-0.2, -0.15) is 0 Å². The van der Waals surface area contributed by atoms with Gasteiger partial charge in [0, 0.05) is 12.3 Å². The lowest BCUT2D eigenvalue weighted by Crippen LogP contribution is -2.04. The highest BCUT2D eigenvalue weighted by atomic mass is 35.5. The maximum Gasteiger partial charge on any atom is 0.199 e. The zero-order chi connectivity index (χ0) is 16.7. The maximum absolute atomic E-state index is 13.6. The van der Waals surface area contributed by atoms with Crippen LogP contribution in [0.2, 0.25) is 5.15 Å². The molecule has 4 aromatic rings. The van der Waals surface area contributed by atoms with Gasteiger partial charge in [0.2, 0.25) is 0 Å². The zero-order valence-electron chi connectivity index (χ0n) is 12.0. The van der Waals surface area contributed by atoms with E-state index in [1.807, 2.05) is 6.07 Å². The van der Waals surface area contributed by atoms with Crippen LogP contribution in [0.3, 0.4) is 0 Å². The number of hydrogen-bond acceptors (Lipinski definition) is 7. The molecule has 0 unspecified atom stereocenters. The molecule has 2 N–H and O–H groups in total. The molecule has 24 heavy (non-hydrogen) atoms. The molecule has 120 valence electrons. The Balaban J connectivity index is 1.91.